The third-order valence-corrected chi connectivity index (χ3v) is 5.17. The number of anilines is 2. The number of halogens is 2. The summed E-state index contributed by atoms with van der Waals surface area (Å²) >= 11 is 13.6. The van der Waals surface area contributed by atoms with Crippen LogP contribution in [-0.2, 0) is 6.54 Å². The molecule has 0 fully saturated rings. The van der Waals surface area contributed by atoms with Crippen LogP contribution >= 0.6 is 35.0 Å². The molecular formula is C19H16Cl2N2OS. The Morgan fingerprint density at radius 1 is 0.920 bits per heavy atom. The number of nitrogens with two attached hydrogens (primary N) is 1. The SMILES string of the molecule is Nc1ccc(Sc2ccc(Cl)cc2)c(CNc2cc(Cl)ccc2O)c1. The molecule has 0 aliphatic heterocycles. The van der Waals surface area contributed by atoms with Gasteiger partial charge in [0.25, 0.3) is 0 Å². The van der Waals surface area contributed by atoms with E-state index in [-0.39, 0.29) is 5.75 Å². The van der Waals surface area contributed by atoms with Gasteiger partial charge in [0.05, 0.1) is 5.69 Å². The van der Waals surface area contributed by atoms with Crippen LogP contribution in [0.2, 0.25) is 10.0 Å². The number of phenolic OH excluding ortho intramolecular Hbond substituents is 1. The van der Waals surface area contributed by atoms with E-state index < -0.39 is 0 Å². The second kappa shape index (κ2) is 7.91. The first kappa shape index (κ1) is 17.8. The Labute approximate surface area is 160 Å². The normalized spacial score (nSPS) is 10.6. The molecule has 0 atom stereocenters. The van der Waals surface area contributed by atoms with E-state index in [1.54, 1.807) is 30.0 Å². The molecule has 0 saturated heterocycles. The van der Waals surface area contributed by atoms with Gasteiger partial charge in [-0.05, 0) is 66.2 Å². The molecule has 0 aliphatic carbocycles. The maximum Gasteiger partial charge on any atom is 0.138 e. The average molecular weight is 391 g/mol. The number of benzene rings is 3. The lowest BCUT2D eigenvalue weighted by molar-refractivity contribution is 0.477. The minimum absolute atomic E-state index is 0.153. The van der Waals surface area contributed by atoms with Gasteiger partial charge in [-0.3, -0.25) is 0 Å². The van der Waals surface area contributed by atoms with Crippen LogP contribution in [0.15, 0.2) is 70.5 Å². The summed E-state index contributed by atoms with van der Waals surface area (Å²) in [6, 6.07) is 18.4. The van der Waals surface area contributed by atoms with Gasteiger partial charge in [-0.2, -0.15) is 0 Å². The van der Waals surface area contributed by atoms with E-state index in [9.17, 15) is 5.11 Å². The van der Waals surface area contributed by atoms with Crippen molar-refractivity contribution in [3.8, 4) is 5.75 Å². The van der Waals surface area contributed by atoms with Crippen molar-refractivity contribution in [3.63, 3.8) is 0 Å². The number of nitrogen functional groups attached to an aromatic ring is 1. The lowest BCUT2D eigenvalue weighted by Crippen LogP contribution is -2.02. The molecule has 0 aliphatic rings. The molecular weight excluding hydrogens is 375 g/mol. The molecule has 3 rings (SSSR count). The molecule has 3 nitrogen and oxygen atoms in total. The molecule has 3 aromatic carbocycles. The smallest absolute Gasteiger partial charge is 0.138 e. The van der Waals surface area contributed by atoms with Gasteiger partial charge in [-0.15, -0.1) is 0 Å². The van der Waals surface area contributed by atoms with Gasteiger partial charge in [0.2, 0.25) is 0 Å². The zero-order chi connectivity index (χ0) is 17.8. The maximum absolute atomic E-state index is 9.93. The first-order valence-electron chi connectivity index (χ1n) is 7.55. The van der Waals surface area contributed by atoms with Gasteiger partial charge in [0.1, 0.15) is 5.75 Å². The lowest BCUT2D eigenvalue weighted by Gasteiger charge is -2.13. The summed E-state index contributed by atoms with van der Waals surface area (Å²) in [4.78, 5) is 2.16. The predicted molar refractivity (Wildman–Crippen MR) is 107 cm³/mol. The molecule has 0 radical (unpaired) electrons. The third-order valence-electron chi connectivity index (χ3n) is 3.55. The second-order valence-corrected chi connectivity index (χ2v) is 7.43. The number of nitrogens with one attached hydrogen (secondary N) is 1. The maximum atomic E-state index is 9.93. The summed E-state index contributed by atoms with van der Waals surface area (Å²) in [5, 5.41) is 14.4. The van der Waals surface area contributed by atoms with Crippen LogP contribution in [0.4, 0.5) is 11.4 Å². The van der Waals surface area contributed by atoms with E-state index in [0.717, 1.165) is 15.4 Å². The molecule has 0 amide bonds. The molecule has 0 saturated carbocycles. The van der Waals surface area contributed by atoms with Crippen molar-refractivity contribution < 1.29 is 5.11 Å². The molecule has 128 valence electrons. The molecule has 0 heterocycles. The number of hydrogen-bond acceptors (Lipinski definition) is 4. The summed E-state index contributed by atoms with van der Waals surface area (Å²) < 4.78 is 0. The van der Waals surface area contributed by atoms with E-state index >= 15 is 0 Å². The van der Waals surface area contributed by atoms with Gasteiger partial charge < -0.3 is 16.2 Å². The van der Waals surface area contributed by atoms with E-state index in [4.69, 9.17) is 28.9 Å². The first-order valence-corrected chi connectivity index (χ1v) is 9.13. The summed E-state index contributed by atoms with van der Waals surface area (Å²) in [5.74, 6) is 0.153. The number of phenols is 1. The van der Waals surface area contributed by atoms with E-state index in [0.29, 0.717) is 28.0 Å². The molecule has 0 spiro atoms. The molecule has 3 aromatic rings. The van der Waals surface area contributed by atoms with E-state index in [1.807, 2.05) is 42.5 Å². The van der Waals surface area contributed by atoms with Gasteiger partial charge in [0.15, 0.2) is 0 Å². The highest BCUT2D eigenvalue weighted by molar-refractivity contribution is 7.99. The zero-order valence-corrected chi connectivity index (χ0v) is 15.5. The molecule has 0 aromatic heterocycles. The van der Waals surface area contributed by atoms with Crippen LogP contribution in [0.5, 0.6) is 5.75 Å². The Kier molecular flexibility index (Phi) is 5.63. The zero-order valence-electron chi connectivity index (χ0n) is 13.2. The van der Waals surface area contributed by atoms with Crippen LogP contribution in [-0.4, -0.2) is 5.11 Å². The molecule has 6 heteroatoms. The Morgan fingerprint density at radius 2 is 1.64 bits per heavy atom. The number of aromatic hydroxyl groups is 1. The fourth-order valence-electron chi connectivity index (χ4n) is 2.31. The van der Waals surface area contributed by atoms with Crippen molar-refractivity contribution in [2.75, 3.05) is 11.1 Å². The topological polar surface area (TPSA) is 58.3 Å². The molecule has 0 unspecified atom stereocenters. The fraction of sp³-hybridized carbons (Fsp3) is 0.0526. The van der Waals surface area contributed by atoms with Crippen LogP contribution in [0.3, 0.4) is 0 Å². The number of rotatable bonds is 5. The highest BCUT2D eigenvalue weighted by Gasteiger charge is 2.08. The standard InChI is InChI=1S/C19H16Cl2N2OS/c20-13-1-5-16(6-2-13)25-19-8-4-15(22)9-12(19)11-23-17-10-14(21)3-7-18(17)24/h1-10,23-24H,11,22H2. The number of hydrogen-bond donors (Lipinski definition) is 3. The van der Waals surface area contributed by atoms with Gasteiger partial charge in [-0.25, -0.2) is 0 Å². The van der Waals surface area contributed by atoms with Gasteiger partial charge in [0, 0.05) is 32.1 Å². The Hall–Kier alpha value is -2.01. The van der Waals surface area contributed by atoms with Crippen molar-refractivity contribution in [3.05, 3.63) is 76.3 Å². The minimum Gasteiger partial charge on any atom is -0.506 e. The first-order chi connectivity index (χ1) is 12.0. The van der Waals surface area contributed by atoms with Crippen molar-refractivity contribution in [1.82, 2.24) is 0 Å². The minimum atomic E-state index is 0.153. The molecule has 0 bridgehead atoms. The third kappa shape index (κ3) is 4.75. The Bertz CT molecular complexity index is 885. The monoisotopic (exact) mass is 390 g/mol. The fourth-order valence-corrected chi connectivity index (χ4v) is 3.53. The highest BCUT2D eigenvalue weighted by Crippen LogP contribution is 2.33. The van der Waals surface area contributed by atoms with Crippen LogP contribution in [0, 0.1) is 0 Å². The van der Waals surface area contributed by atoms with Crippen molar-refractivity contribution in [2.24, 2.45) is 0 Å². The predicted octanol–water partition coefficient (Wildman–Crippen LogP) is 6.04. The Balaban J connectivity index is 1.81. The summed E-state index contributed by atoms with van der Waals surface area (Å²) in [5.41, 5.74) is 8.23. The van der Waals surface area contributed by atoms with E-state index in [2.05, 4.69) is 5.32 Å². The molecule has 25 heavy (non-hydrogen) atoms. The van der Waals surface area contributed by atoms with Crippen LogP contribution in [0.1, 0.15) is 5.56 Å². The second-order valence-electron chi connectivity index (χ2n) is 5.44. The van der Waals surface area contributed by atoms with Crippen molar-refractivity contribution in [2.45, 2.75) is 16.3 Å². The quantitative estimate of drug-likeness (QED) is 0.366. The summed E-state index contributed by atoms with van der Waals surface area (Å²) in [6.45, 7) is 0.509. The lowest BCUT2D eigenvalue weighted by atomic mass is 10.2. The van der Waals surface area contributed by atoms with Crippen LogP contribution in [0.25, 0.3) is 0 Å². The van der Waals surface area contributed by atoms with E-state index in [1.165, 1.54) is 0 Å². The van der Waals surface area contributed by atoms with Crippen LogP contribution < -0.4 is 11.1 Å². The summed E-state index contributed by atoms with van der Waals surface area (Å²) in [6.07, 6.45) is 0. The highest BCUT2D eigenvalue weighted by atomic mass is 35.5. The summed E-state index contributed by atoms with van der Waals surface area (Å²) in [7, 11) is 0. The van der Waals surface area contributed by atoms with Gasteiger partial charge >= 0.3 is 0 Å². The Morgan fingerprint density at radius 3 is 2.40 bits per heavy atom. The van der Waals surface area contributed by atoms with Gasteiger partial charge in [-0.1, -0.05) is 35.0 Å². The molecule has 4 N–H and O–H groups in total. The van der Waals surface area contributed by atoms with Crippen molar-refractivity contribution in [1.29, 1.82) is 0 Å². The van der Waals surface area contributed by atoms with Crippen molar-refractivity contribution >= 4 is 46.3 Å². The average Bonchev–Trinajstić information content (AvgIpc) is 2.59. The largest absolute Gasteiger partial charge is 0.506 e.